The molecule has 6 rings (SSSR count). The number of carbonyl (C=O) groups is 1. The Morgan fingerprint density at radius 3 is 2.49 bits per heavy atom. The average molecular weight is 510 g/mol. The molecule has 0 aliphatic carbocycles. The van der Waals surface area contributed by atoms with Gasteiger partial charge < -0.3 is 13.6 Å². The molecule has 4 heterocycles. The number of benzene rings is 2. The maximum absolute atomic E-state index is 12.4. The van der Waals surface area contributed by atoms with Gasteiger partial charge in [0.2, 0.25) is 5.13 Å². The number of carbonyl (C=O) groups excluding carboxylic acids is 1. The highest BCUT2D eigenvalue weighted by Crippen LogP contribution is 2.42. The largest absolute Gasteiger partial charge is 0.467 e. The normalized spacial score (nSPS) is 15.1. The third kappa shape index (κ3) is 4.59. The van der Waals surface area contributed by atoms with E-state index in [9.17, 15) is 4.79 Å². The number of ether oxygens (including phenoxy) is 1. The Labute approximate surface area is 217 Å². The lowest BCUT2D eigenvalue weighted by atomic mass is 10.1. The molecule has 5 aromatic rings. The monoisotopic (exact) mass is 509 g/mol. The van der Waals surface area contributed by atoms with Crippen molar-refractivity contribution in [2.75, 3.05) is 5.01 Å². The number of aromatic nitrogens is 1. The van der Waals surface area contributed by atoms with Gasteiger partial charge in [0.1, 0.15) is 29.0 Å². The summed E-state index contributed by atoms with van der Waals surface area (Å²) < 4.78 is 16.9. The van der Waals surface area contributed by atoms with E-state index in [1.54, 1.807) is 48.1 Å². The van der Waals surface area contributed by atoms with Crippen LogP contribution < -0.4 is 9.75 Å². The molecule has 3 aromatic heterocycles. The summed E-state index contributed by atoms with van der Waals surface area (Å²) >= 11 is 1.61. The minimum atomic E-state index is -0.387. The summed E-state index contributed by atoms with van der Waals surface area (Å²) in [5, 5.41) is 7.60. The third-order valence-corrected chi connectivity index (χ3v) is 7.33. The molecule has 0 saturated carbocycles. The van der Waals surface area contributed by atoms with Gasteiger partial charge in [-0.3, -0.25) is 0 Å². The number of esters is 1. The molecular formula is C29H23N3O4S. The van der Waals surface area contributed by atoms with Crippen LogP contribution in [-0.2, 0) is 6.42 Å². The number of anilines is 1. The van der Waals surface area contributed by atoms with E-state index in [-0.39, 0.29) is 12.0 Å². The van der Waals surface area contributed by atoms with Crippen molar-refractivity contribution >= 4 is 28.1 Å². The minimum Gasteiger partial charge on any atom is -0.467 e. The predicted octanol–water partition coefficient (Wildman–Crippen LogP) is 7.13. The number of aryl methyl sites for hydroxylation is 1. The van der Waals surface area contributed by atoms with Crippen molar-refractivity contribution in [3.63, 3.8) is 0 Å². The fourth-order valence-electron chi connectivity index (χ4n) is 4.30. The number of nitrogens with zero attached hydrogens (tertiary/aromatic N) is 3. The number of hydrogen-bond acceptors (Lipinski definition) is 8. The summed E-state index contributed by atoms with van der Waals surface area (Å²) in [7, 11) is 0. The first-order chi connectivity index (χ1) is 18.2. The van der Waals surface area contributed by atoms with Gasteiger partial charge in [-0.25, -0.2) is 14.8 Å². The van der Waals surface area contributed by atoms with Crippen molar-refractivity contribution in [2.45, 2.75) is 25.8 Å². The molecule has 7 nitrogen and oxygen atoms in total. The van der Waals surface area contributed by atoms with Crippen LogP contribution in [-0.4, -0.2) is 16.7 Å². The van der Waals surface area contributed by atoms with Gasteiger partial charge in [-0.15, -0.1) is 0 Å². The predicted molar refractivity (Wildman–Crippen MR) is 142 cm³/mol. The van der Waals surface area contributed by atoms with Crippen LogP contribution in [0.15, 0.2) is 105 Å². The SMILES string of the molecule is CCc1sc(N2N=C(c3ccco3)CC2c2ccco2)nc1-c1ccc(OC(=O)c2ccccc2)cc1. The Morgan fingerprint density at radius 1 is 1.00 bits per heavy atom. The Bertz CT molecular complexity index is 1520. The molecule has 1 unspecified atom stereocenters. The van der Waals surface area contributed by atoms with Crippen LogP contribution in [0.25, 0.3) is 11.3 Å². The molecule has 184 valence electrons. The molecule has 0 saturated heterocycles. The summed E-state index contributed by atoms with van der Waals surface area (Å²) in [5.74, 6) is 1.66. The number of hydrazone groups is 1. The van der Waals surface area contributed by atoms with E-state index in [0.29, 0.717) is 17.7 Å². The summed E-state index contributed by atoms with van der Waals surface area (Å²) in [6.07, 6.45) is 4.81. The van der Waals surface area contributed by atoms with Gasteiger partial charge in [0, 0.05) is 16.9 Å². The molecule has 0 bridgehead atoms. The second-order valence-corrected chi connectivity index (χ2v) is 9.57. The van der Waals surface area contributed by atoms with Crippen LogP contribution >= 0.6 is 11.3 Å². The fourth-order valence-corrected chi connectivity index (χ4v) is 5.33. The highest BCUT2D eigenvalue weighted by atomic mass is 32.1. The third-order valence-electron chi connectivity index (χ3n) is 6.14. The first kappa shape index (κ1) is 23.0. The zero-order chi connectivity index (χ0) is 25.2. The number of rotatable bonds is 7. The topological polar surface area (TPSA) is 81.1 Å². The smallest absolute Gasteiger partial charge is 0.343 e. The summed E-state index contributed by atoms with van der Waals surface area (Å²) in [6, 6.07) is 23.9. The van der Waals surface area contributed by atoms with Crippen molar-refractivity contribution in [2.24, 2.45) is 5.10 Å². The molecule has 0 spiro atoms. The number of thiazole rings is 1. The van der Waals surface area contributed by atoms with Crippen molar-refractivity contribution in [1.82, 2.24) is 4.98 Å². The van der Waals surface area contributed by atoms with Gasteiger partial charge in [0.25, 0.3) is 0 Å². The van der Waals surface area contributed by atoms with E-state index in [2.05, 4.69) is 6.92 Å². The number of hydrogen-bond donors (Lipinski definition) is 0. The average Bonchev–Trinajstić information content (AvgIpc) is 3.75. The Balaban J connectivity index is 1.29. The van der Waals surface area contributed by atoms with E-state index in [1.165, 1.54) is 0 Å². The van der Waals surface area contributed by atoms with Crippen LogP contribution in [0.4, 0.5) is 5.13 Å². The Kier molecular flexibility index (Phi) is 6.16. The molecule has 37 heavy (non-hydrogen) atoms. The number of furan rings is 2. The first-order valence-corrected chi connectivity index (χ1v) is 12.8. The van der Waals surface area contributed by atoms with Crippen LogP contribution in [0.5, 0.6) is 5.75 Å². The zero-order valence-corrected chi connectivity index (χ0v) is 20.9. The van der Waals surface area contributed by atoms with Crippen molar-refractivity contribution in [3.05, 3.63) is 113 Å². The van der Waals surface area contributed by atoms with Gasteiger partial charge in [-0.1, -0.05) is 36.5 Å². The van der Waals surface area contributed by atoms with Crippen molar-refractivity contribution in [3.8, 4) is 17.0 Å². The van der Waals surface area contributed by atoms with E-state index < -0.39 is 0 Å². The lowest BCUT2D eigenvalue weighted by Gasteiger charge is -2.18. The fraction of sp³-hybridized carbons (Fsp3) is 0.138. The lowest BCUT2D eigenvalue weighted by molar-refractivity contribution is 0.0735. The molecule has 0 amide bonds. The van der Waals surface area contributed by atoms with E-state index in [4.69, 9.17) is 23.7 Å². The highest BCUT2D eigenvalue weighted by Gasteiger charge is 2.35. The van der Waals surface area contributed by atoms with E-state index >= 15 is 0 Å². The summed E-state index contributed by atoms with van der Waals surface area (Å²) in [6.45, 7) is 2.11. The molecule has 0 radical (unpaired) electrons. The minimum absolute atomic E-state index is 0.112. The van der Waals surface area contributed by atoms with Gasteiger partial charge in [-0.2, -0.15) is 5.10 Å². The molecule has 2 aromatic carbocycles. The van der Waals surface area contributed by atoms with Gasteiger partial charge in [-0.05, 0) is 67.1 Å². The van der Waals surface area contributed by atoms with Crippen molar-refractivity contribution < 1.29 is 18.4 Å². The second-order valence-electron chi connectivity index (χ2n) is 8.51. The Hall–Kier alpha value is -4.43. The standard InChI is InChI=1S/C29H23N3O4S/c1-2-26-27(19-12-14-21(15-13-19)36-28(33)20-8-4-3-5-9-20)30-29(37-26)32-23(25-11-7-17-35-25)18-22(31-32)24-10-6-16-34-24/h3-17,23H,2,18H2,1H3. The van der Waals surface area contributed by atoms with E-state index in [1.807, 2.05) is 59.6 Å². The van der Waals surface area contributed by atoms with Crippen LogP contribution in [0, 0.1) is 0 Å². The highest BCUT2D eigenvalue weighted by molar-refractivity contribution is 7.16. The molecular weight excluding hydrogens is 486 g/mol. The Morgan fingerprint density at radius 2 is 1.78 bits per heavy atom. The van der Waals surface area contributed by atoms with Crippen LogP contribution in [0.2, 0.25) is 0 Å². The summed E-state index contributed by atoms with van der Waals surface area (Å²) in [4.78, 5) is 18.5. The molecule has 0 N–H and O–H groups in total. The zero-order valence-electron chi connectivity index (χ0n) is 20.0. The molecule has 1 aliphatic rings. The summed E-state index contributed by atoms with van der Waals surface area (Å²) in [5.41, 5.74) is 3.20. The van der Waals surface area contributed by atoms with E-state index in [0.717, 1.165) is 44.9 Å². The molecule has 1 atom stereocenters. The van der Waals surface area contributed by atoms with Gasteiger partial charge in [0.05, 0.1) is 23.8 Å². The van der Waals surface area contributed by atoms with Crippen LogP contribution in [0.3, 0.4) is 0 Å². The first-order valence-electron chi connectivity index (χ1n) is 12.0. The van der Waals surface area contributed by atoms with Gasteiger partial charge >= 0.3 is 5.97 Å². The van der Waals surface area contributed by atoms with Gasteiger partial charge in [0.15, 0.2) is 0 Å². The second kappa shape index (κ2) is 9.91. The quantitative estimate of drug-likeness (QED) is 0.171. The van der Waals surface area contributed by atoms with Crippen LogP contribution in [0.1, 0.15) is 46.1 Å². The molecule has 8 heteroatoms. The maximum atomic E-state index is 12.4. The molecule has 1 aliphatic heterocycles. The maximum Gasteiger partial charge on any atom is 0.343 e. The lowest BCUT2D eigenvalue weighted by Crippen LogP contribution is -2.17. The van der Waals surface area contributed by atoms with Crippen molar-refractivity contribution in [1.29, 1.82) is 0 Å². The molecule has 0 fully saturated rings.